The highest BCUT2D eigenvalue weighted by atomic mass is 16.6. The molecule has 2 rings (SSSR count). The van der Waals surface area contributed by atoms with Crippen molar-refractivity contribution in [2.45, 2.75) is 19.4 Å². The Kier molecular flexibility index (Phi) is 1.06. The Balaban J connectivity index is 2.66. The van der Waals surface area contributed by atoms with Crippen molar-refractivity contribution in [3.05, 3.63) is 29.6 Å². The average molecular weight is 164 g/mol. The van der Waals surface area contributed by atoms with Crippen LogP contribution in [0.3, 0.4) is 0 Å². The van der Waals surface area contributed by atoms with E-state index in [2.05, 4.69) is 4.98 Å². The van der Waals surface area contributed by atoms with Gasteiger partial charge in [0.1, 0.15) is 5.60 Å². The summed E-state index contributed by atoms with van der Waals surface area (Å²) in [5, 5.41) is 0. The second-order valence-corrected chi connectivity index (χ2v) is 3.24. The van der Waals surface area contributed by atoms with E-state index in [-0.39, 0.29) is 12.1 Å². The zero-order valence-corrected chi connectivity index (χ0v) is 6.92. The smallest absolute Gasteiger partial charge is 0.341 e. The summed E-state index contributed by atoms with van der Waals surface area (Å²) in [6, 6.07) is 3.07. The molecule has 0 radical (unpaired) electrons. The molecule has 12 heavy (non-hydrogen) atoms. The molecule has 0 saturated heterocycles. The summed E-state index contributed by atoms with van der Waals surface area (Å²) in [5.41, 5.74) is 0.342. The summed E-state index contributed by atoms with van der Waals surface area (Å²) in [7, 11) is 0. The predicted molar refractivity (Wildman–Crippen MR) is 42.7 cm³/mol. The molecule has 0 aliphatic carbocycles. The Bertz CT molecular complexity index is 387. The number of rotatable bonds is 0. The summed E-state index contributed by atoms with van der Waals surface area (Å²) in [6.07, 6.45) is 0.158. The molecule has 0 unspecified atom stereocenters. The first-order valence-electron chi connectivity index (χ1n) is 4.22. The van der Waals surface area contributed by atoms with Crippen molar-refractivity contribution in [3.8, 4) is 0 Å². The van der Waals surface area contributed by atoms with E-state index in [1.54, 1.807) is 19.9 Å². The molecule has 62 valence electrons. The van der Waals surface area contributed by atoms with Gasteiger partial charge in [0.2, 0.25) is 0 Å². The van der Waals surface area contributed by atoms with Crippen molar-refractivity contribution in [2.24, 2.45) is 0 Å². The van der Waals surface area contributed by atoms with Gasteiger partial charge in [-0.3, -0.25) is 4.98 Å². The van der Waals surface area contributed by atoms with Gasteiger partial charge < -0.3 is 4.74 Å². The Morgan fingerprint density at radius 1 is 1.67 bits per heavy atom. The van der Waals surface area contributed by atoms with E-state index in [0.29, 0.717) is 11.3 Å². The number of carbonyl (C=O) groups is 1. The number of nitrogens with zero attached hydrogens (tertiary/aromatic N) is 1. The molecule has 1 aromatic heterocycles. The lowest BCUT2D eigenvalue weighted by molar-refractivity contribution is 0.00832. The molecule has 3 heteroatoms. The van der Waals surface area contributed by atoms with E-state index >= 15 is 0 Å². The quantitative estimate of drug-likeness (QED) is 0.545. The predicted octanol–water partition coefficient (Wildman–Crippen LogP) is 1.49. The first-order chi connectivity index (χ1) is 6.00. The van der Waals surface area contributed by atoms with Crippen LogP contribution < -0.4 is 0 Å². The lowest BCUT2D eigenvalue weighted by Crippen LogP contribution is -2.17. The summed E-state index contributed by atoms with van der Waals surface area (Å²) >= 11 is 0. The molecule has 0 spiro atoms. The summed E-state index contributed by atoms with van der Waals surface area (Å²) in [6.45, 7) is 3.53. The standard InChI is InChI=1S/C9H9NO2/c1-9(2)7-6(8(11)12-9)4-3-5-10-7/h3-5H,1-2H3/i5D. The fourth-order valence-corrected chi connectivity index (χ4v) is 1.32. The van der Waals surface area contributed by atoms with Gasteiger partial charge in [-0.05, 0) is 26.0 Å². The SMILES string of the molecule is [2H]c1ccc2c(n1)C(C)(C)OC2=O. The van der Waals surface area contributed by atoms with Crippen molar-refractivity contribution < 1.29 is 10.9 Å². The third kappa shape index (κ3) is 0.826. The maximum atomic E-state index is 11.3. The van der Waals surface area contributed by atoms with Crippen molar-refractivity contribution in [2.75, 3.05) is 0 Å². The van der Waals surface area contributed by atoms with E-state index in [9.17, 15) is 4.79 Å². The van der Waals surface area contributed by atoms with Crippen molar-refractivity contribution >= 4 is 5.97 Å². The molecule has 0 saturated carbocycles. The van der Waals surface area contributed by atoms with Crippen LogP contribution in [0.2, 0.25) is 0 Å². The second-order valence-electron chi connectivity index (χ2n) is 3.24. The van der Waals surface area contributed by atoms with Gasteiger partial charge in [0.05, 0.1) is 12.6 Å². The van der Waals surface area contributed by atoms with E-state index in [1.165, 1.54) is 6.07 Å². The topological polar surface area (TPSA) is 39.2 Å². The van der Waals surface area contributed by atoms with E-state index in [1.807, 2.05) is 0 Å². The lowest BCUT2D eigenvalue weighted by atomic mass is 10.0. The number of hydrogen-bond acceptors (Lipinski definition) is 3. The highest BCUT2D eigenvalue weighted by Gasteiger charge is 2.38. The van der Waals surface area contributed by atoms with Crippen LogP contribution in [0, 0.1) is 0 Å². The van der Waals surface area contributed by atoms with Crippen LogP contribution in [0.4, 0.5) is 0 Å². The molecule has 3 nitrogen and oxygen atoms in total. The van der Waals surface area contributed by atoms with E-state index < -0.39 is 5.60 Å². The van der Waals surface area contributed by atoms with Crippen LogP contribution in [0.25, 0.3) is 0 Å². The molecule has 0 aromatic carbocycles. The van der Waals surface area contributed by atoms with Crippen LogP contribution in [-0.2, 0) is 10.3 Å². The Morgan fingerprint density at radius 2 is 2.42 bits per heavy atom. The molecule has 0 bridgehead atoms. The van der Waals surface area contributed by atoms with Crippen molar-refractivity contribution in [3.63, 3.8) is 0 Å². The highest BCUT2D eigenvalue weighted by Crippen LogP contribution is 2.33. The Hall–Kier alpha value is -1.38. The van der Waals surface area contributed by atoms with Crippen molar-refractivity contribution in [1.82, 2.24) is 4.98 Å². The Morgan fingerprint density at radius 3 is 3.17 bits per heavy atom. The summed E-state index contributed by atoms with van der Waals surface area (Å²) < 4.78 is 12.4. The number of ether oxygens (including phenoxy) is 1. The molecular formula is C9H9NO2. The first kappa shape index (κ1) is 6.17. The minimum Gasteiger partial charge on any atom is -0.449 e. The monoisotopic (exact) mass is 164 g/mol. The van der Waals surface area contributed by atoms with Crippen molar-refractivity contribution in [1.29, 1.82) is 0 Å². The number of pyridine rings is 1. The molecule has 0 N–H and O–H groups in total. The number of esters is 1. The molecule has 1 aliphatic rings. The first-order valence-corrected chi connectivity index (χ1v) is 3.72. The number of fused-ring (bicyclic) bond motifs is 1. The number of cyclic esters (lactones) is 1. The molecule has 2 heterocycles. The third-order valence-corrected chi connectivity index (χ3v) is 1.89. The largest absolute Gasteiger partial charge is 0.449 e. The maximum Gasteiger partial charge on any atom is 0.341 e. The summed E-state index contributed by atoms with van der Waals surface area (Å²) in [5.74, 6) is -0.354. The van der Waals surface area contributed by atoms with E-state index in [0.717, 1.165) is 0 Å². The highest BCUT2D eigenvalue weighted by molar-refractivity contribution is 5.93. The van der Waals surface area contributed by atoms with Gasteiger partial charge >= 0.3 is 5.97 Å². The lowest BCUT2D eigenvalue weighted by Gasteiger charge is -2.15. The van der Waals surface area contributed by atoms with Gasteiger partial charge in [0, 0.05) is 6.17 Å². The zero-order valence-electron chi connectivity index (χ0n) is 7.92. The maximum absolute atomic E-state index is 11.3. The average Bonchev–Trinajstić information content (AvgIpc) is 2.23. The fraction of sp³-hybridized carbons (Fsp3) is 0.333. The van der Waals surface area contributed by atoms with Gasteiger partial charge in [-0.15, -0.1) is 0 Å². The van der Waals surface area contributed by atoms with Crippen LogP contribution in [-0.4, -0.2) is 11.0 Å². The Labute approximate surface area is 71.8 Å². The molecule has 1 aromatic rings. The molecule has 0 atom stereocenters. The van der Waals surface area contributed by atoms with E-state index in [4.69, 9.17) is 6.11 Å². The zero-order chi connectivity index (χ0) is 9.64. The van der Waals surface area contributed by atoms with Crippen LogP contribution in [0.15, 0.2) is 18.3 Å². The van der Waals surface area contributed by atoms with Gasteiger partial charge in [-0.25, -0.2) is 4.79 Å². The van der Waals surface area contributed by atoms with Gasteiger partial charge in [0.15, 0.2) is 0 Å². The fourth-order valence-electron chi connectivity index (χ4n) is 1.32. The molecule has 1 aliphatic heterocycles. The molecular weight excluding hydrogens is 154 g/mol. The third-order valence-electron chi connectivity index (χ3n) is 1.89. The minimum absolute atomic E-state index is 0.158. The van der Waals surface area contributed by atoms with Crippen LogP contribution >= 0.6 is 0 Å². The minimum atomic E-state index is -0.691. The van der Waals surface area contributed by atoms with Gasteiger partial charge in [0.25, 0.3) is 0 Å². The number of aromatic nitrogens is 1. The van der Waals surface area contributed by atoms with Crippen LogP contribution in [0.1, 0.15) is 31.3 Å². The van der Waals surface area contributed by atoms with Crippen LogP contribution in [0.5, 0.6) is 0 Å². The molecule has 0 fully saturated rings. The normalized spacial score (nSPS) is 19.8. The number of hydrogen-bond donors (Lipinski definition) is 0. The number of carbonyl (C=O) groups excluding carboxylic acids is 1. The second kappa shape index (κ2) is 2.06. The van der Waals surface area contributed by atoms with Gasteiger partial charge in [-0.1, -0.05) is 0 Å². The van der Waals surface area contributed by atoms with Gasteiger partial charge in [-0.2, -0.15) is 0 Å². The molecule has 0 amide bonds. The summed E-state index contributed by atoms with van der Waals surface area (Å²) in [4.78, 5) is 15.2.